The minimum atomic E-state index is -1.24. The Morgan fingerprint density at radius 1 is 1.17 bits per heavy atom. The number of amides is 6. The summed E-state index contributed by atoms with van der Waals surface area (Å²) in [5.74, 6) is -1.22. The molecule has 1 aliphatic heterocycles. The number of hydrogen-bond acceptors (Lipinski definition) is 4. The third-order valence-corrected chi connectivity index (χ3v) is 5.59. The van der Waals surface area contributed by atoms with Gasteiger partial charge in [-0.1, -0.05) is 50.5 Å². The standard InChI is InChI=1S/C21H28N4O4/c1-3-6-14-9-11-15(12-10-14)21(2)18(27)25(20(29)24-21)13-17(26)23-19(28)22-16-7-4-5-8-16/h9-12,16H,3-8,13H2,1-2H3,(H,24,29)(H2,22,23,26,28)/t21-/m1/s1. The Kier molecular flexibility index (Phi) is 6.20. The molecule has 3 N–H and O–H groups in total. The van der Waals surface area contributed by atoms with Crippen molar-refractivity contribution < 1.29 is 19.2 Å². The molecule has 0 spiro atoms. The molecule has 29 heavy (non-hydrogen) atoms. The fraction of sp³-hybridized carbons (Fsp3) is 0.524. The second-order valence-corrected chi connectivity index (χ2v) is 7.90. The van der Waals surface area contributed by atoms with E-state index in [9.17, 15) is 19.2 Å². The summed E-state index contributed by atoms with van der Waals surface area (Å²) in [5.41, 5.74) is 0.563. The Bertz CT molecular complexity index is 801. The third-order valence-electron chi connectivity index (χ3n) is 5.59. The molecule has 0 aromatic heterocycles. The summed E-state index contributed by atoms with van der Waals surface area (Å²) in [6, 6.07) is 6.34. The molecule has 8 heteroatoms. The van der Waals surface area contributed by atoms with Crippen LogP contribution in [0.25, 0.3) is 0 Å². The molecule has 1 heterocycles. The van der Waals surface area contributed by atoms with E-state index < -0.39 is 36.0 Å². The summed E-state index contributed by atoms with van der Waals surface area (Å²) in [6.07, 6.45) is 5.85. The van der Waals surface area contributed by atoms with Gasteiger partial charge in [0.2, 0.25) is 5.91 Å². The van der Waals surface area contributed by atoms with Crippen LogP contribution < -0.4 is 16.0 Å². The van der Waals surface area contributed by atoms with Crippen molar-refractivity contribution in [1.29, 1.82) is 0 Å². The molecule has 1 aromatic carbocycles. The van der Waals surface area contributed by atoms with E-state index in [1.54, 1.807) is 6.92 Å². The van der Waals surface area contributed by atoms with Gasteiger partial charge in [0, 0.05) is 6.04 Å². The number of imide groups is 2. The summed E-state index contributed by atoms with van der Waals surface area (Å²) in [6.45, 7) is 3.20. The largest absolute Gasteiger partial charge is 0.335 e. The van der Waals surface area contributed by atoms with Crippen LogP contribution >= 0.6 is 0 Å². The Morgan fingerprint density at radius 2 is 1.83 bits per heavy atom. The highest BCUT2D eigenvalue weighted by Crippen LogP contribution is 2.29. The van der Waals surface area contributed by atoms with E-state index >= 15 is 0 Å². The molecule has 2 aliphatic rings. The lowest BCUT2D eigenvalue weighted by Gasteiger charge is -2.22. The van der Waals surface area contributed by atoms with Crippen LogP contribution in [-0.2, 0) is 21.5 Å². The maximum atomic E-state index is 12.9. The summed E-state index contributed by atoms with van der Waals surface area (Å²) in [4.78, 5) is 50.2. The lowest BCUT2D eigenvalue weighted by Crippen LogP contribution is -2.48. The van der Waals surface area contributed by atoms with Crippen LogP contribution in [0.1, 0.15) is 57.1 Å². The number of carbonyl (C=O) groups excluding carboxylic acids is 4. The summed E-state index contributed by atoms with van der Waals surface area (Å²) < 4.78 is 0. The van der Waals surface area contributed by atoms with E-state index in [4.69, 9.17) is 0 Å². The molecule has 156 valence electrons. The first kappa shape index (κ1) is 20.8. The van der Waals surface area contributed by atoms with Crippen molar-refractivity contribution in [2.45, 2.75) is 64.0 Å². The van der Waals surface area contributed by atoms with Crippen molar-refractivity contribution in [3.63, 3.8) is 0 Å². The second kappa shape index (κ2) is 8.63. The third kappa shape index (κ3) is 4.58. The minimum Gasteiger partial charge on any atom is -0.335 e. The van der Waals surface area contributed by atoms with Crippen LogP contribution in [0.5, 0.6) is 0 Å². The highest BCUT2D eigenvalue weighted by molar-refractivity contribution is 6.10. The lowest BCUT2D eigenvalue weighted by molar-refractivity contribution is -0.134. The highest BCUT2D eigenvalue weighted by Gasteiger charge is 2.49. The van der Waals surface area contributed by atoms with E-state index in [-0.39, 0.29) is 6.04 Å². The average molecular weight is 400 g/mol. The van der Waals surface area contributed by atoms with E-state index in [0.717, 1.165) is 49.0 Å². The van der Waals surface area contributed by atoms with E-state index in [1.807, 2.05) is 24.3 Å². The highest BCUT2D eigenvalue weighted by atomic mass is 16.2. The van der Waals surface area contributed by atoms with Gasteiger partial charge in [0.25, 0.3) is 5.91 Å². The Labute approximate surface area is 170 Å². The molecule has 1 saturated heterocycles. The molecule has 1 aliphatic carbocycles. The quantitative estimate of drug-likeness (QED) is 0.636. The number of hydrogen-bond donors (Lipinski definition) is 3. The van der Waals surface area contributed by atoms with Crippen molar-refractivity contribution >= 4 is 23.9 Å². The van der Waals surface area contributed by atoms with E-state index in [1.165, 1.54) is 0 Å². The Morgan fingerprint density at radius 3 is 2.45 bits per heavy atom. The first-order valence-electron chi connectivity index (χ1n) is 10.2. The molecule has 8 nitrogen and oxygen atoms in total. The predicted molar refractivity (Wildman–Crippen MR) is 107 cm³/mol. The van der Waals surface area contributed by atoms with E-state index in [0.29, 0.717) is 5.56 Å². The van der Waals surface area contributed by atoms with E-state index in [2.05, 4.69) is 22.9 Å². The van der Waals surface area contributed by atoms with Gasteiger partial charge in [-0.05, 0) is 37.3 Å². The van der Waals surface area contributed by atoms with Gasteiger partial charge in [-0.15, -0.1) is 0 Å². The van der Waals surface area contributed by atoms with Crippen molar-refractivity contribution in [2.75, 3.05) is 6.54 Å². The number of nitrogens with one attached hydrogen (secondary N) is 3. The molecule has 1 saturated carbocycles. The normalized spacial score (nSPS) is 21.9. The fourth-order valence-electron chi connectivity index (χ4n) is 3.93. The molecular weight excluding hydrogens is 372 g/mol. The first-order chi connectivity index (χ1) is 13.8. The molecule has 1 atom stereocenters. The van der Waals surface area contributed by atoms with Crippen LogP contribution in [0.15, 0.2) is 24.3 Å². The molecule has 0 bridgehead atoms. The molecule has 0 radical (unpaired) electrons. The SMILES string of the molecule is CCCc1ccc([C@@]2(C)NC(=O)N(CC(=O)NC(=O)NC3CCCC3)C2=O)cc1. The van der Waals surface area contributed by atoms with Crippen molar-refractivity contribution in [3.05, 3.63) is 35.4 Å². The maximum absolute atomic E-state index is 12.9. The molecule has 1 aromatic rings. The molecular formula is C21H28N4O4. The number of benzene rings is 1. The average Bonchev–Trinajstić information content (AvgIpc) is 3.25. The minimum absolute atomic E-state index is 0.0680. The number of carbonyl (C=O) groups is 4. The first-order valence-corrected chi connectivity index (χ1v) is 10.2. The summed E-state index contributed by atoms with van der Waals surface area (Å²) in [5, 5.41) is 7.61. The summed E-state index contributed by atoms with van der Waals surface area (Å²) >= 11 is 0. The summed E-state index contributed by atoms with van der Waals surface area (Å²) in [7, 11) is 0. The van der Waals surface area contributed by atoms with Gasteiger partial charge in [-0.25, -0.2) is 9.59 Å². The van der Waals surface area contributed by atoms with Gasteiger partial charge >= 0.3 is 12.1 Å². The van der Waals surface area contributed by atoms with Crippen LogP contribution in [0.2, 0.25) is 0 Å². The van der Waals surface area contributed by atoms with Crippen LogP contribution in [0, 0.1) is 0 Å². The fourth-order valence-corrected chi connectivity index (χ4v) is 3.93. The lowest BCUT2D eigenvalue weighted by atomic mass is 9.91. The van der Waals surface area contributed by atoms with Gasteiger partial charge in [0.1, 0.15) is 12.1 Å². The number of nitrogens with zero attached hydrogens (tertiary/aromatic N) is 1. The van der Waals surface area contributed by atoms with Gasteiger partial charge in [-0.3, -0.25) is 19.8 Å². The van der Waals surface area contributed by atoms with Gasteiger partial charge in [0.05, 0.1) is 0 Å². The zero-order chi connectivity index (χ0) is 21.0. The zero-order valence-electron chi connectivity index (χ0n) is 16.9. The van der Waals surface area contributed by atoms with Gasteiger partial charge in [-0.2, -0.15) is 0 Å². The van der Waals surface area contributed by atoms with Gasteiger partial charge in [0.15, 0.2) is 0 Å². The number of rotatable bonds is 6. The van der Waals surface area contributed by atoms with Crippen molar-refractivity contribution in [2.24, 2.45) is 0 Å². The second-order valence-electron chi connectivity index (χ2n) is 7.90. The van der Waals surface area contributed by atoms with Gasteiger partial charge < -0.3 is 10.6 Å². The smallest absolute Gasteiger partial charge is 0.325 e. The Hall–Kier alpha value is -2.90. The monoisotopic (exact) mass is 400 g/mol. The van der Waals surface area contributed by atoms with Crippen LogP contribution in [-0.4, -0.2) is 41.4 Å². The predicted octanol–water partition coefficient (Wildman–Crippen LogP) is 2.17. The molecule has 3 rings (SSSR count). The Balaban J connectivity index is 1.61. The topological polar surface area (TPSA) is 108 Å². The number of aryl methyl sites for hydroxylation is 1. The van der Waals surface area contributed by atoms with Crippen LogP contribution in [0.3, 0.4) is 0 Å². The maximum Gasteiger partial charge on any atom is 0.325 e. The number of urea groups is 2. The zero-order valence-corrected chi connectivity index (χ0v) is 16.9. The molecule has 6 amide bonds. The van der Waals surface area contributed by atoms with Crippen molar-refractivity contribution in [1.82, 2.24) is 20.9 Å². The molecule has 2 fully saturated rings. The van der Waals surface area contributed by atoms with Crippen molar-refractivity contribution in [3.8, 4) is 0 Å². The van der Waals surface area contributed by atoms with Crippen LogP contribution in [0.4, 0.5) is 9.59 Å². The molecule has 0 unspecified atom stereocenters.